The van der Waals surface area contributed by atoms with Gasteiger partial charge in [-0.25, -0.2) is 4.68 Å². The van der Waals surface area contributed by atoms with Crippen LogP contribution < -0.4 is 10.6 Å². The van der Waals surface area contributed by atoms with Gasteiger partial charge in [0.1, 0.15) is 17.8 Å². The molecule has 2 N–H and O–H groups in total. The van der Waals surface area contributed by atoms with E-state index in [0.29, 0.717) is 28.9 Å². The average molecular weight is 503 g/mol. The Bertz CT molecular complexity index is 1580. The SMILES string of the molecule is CC(C)(C)CNc1c(C#N)cnc2c(C#N)cc(N[C@@H](c3ccccc3)c3cn(C45CC(C4)C5)nn3)cc12. The third kappa shape index (κ3) is 4.13. The Labute approximate surface area is 222 Å². The van der Waals surface area contributed by atoms with Crippen LogP contribution in [-0.4, -0.2) is 26.5 Å². The predicted octanol–water partition coefficient (Wildman–Crippen LogP) is 5.74. The Balaban J connectivity index is 1.42. The van der Waals surface area contributed by atoms with E-state index in [-0.39, 0.29) is 17.0 Å². The summed E-state index contributed by atoms with van der Waals surface area (Å²) in [6.45, 7) is 7.06. The van der Waals surface area contributed by atoms with Crippen LogP contribution in [-0.2, 0) is 5.54 Å². The number of benzene rings is 2. The molecule has 3 fully saturated rings. The first kappa shape index (κ1) is 23.9. The maximum Gasteiger partial charge on any atom is 0.109 e. The molecule has 38 heavy (non-hydrogen) atoms. The molecule has 4 aromatic rings. The van der Waals surface area contributed by atoms with E-state index < -0.39 is 0 Å². The molecule has 2 bridgehead atoms. The number of aromatic nitrogens is 4. The van der Waals surface area contributed by atoms with Crippen molar-refractivity contribution in [1.29, 1.82) is 10.5 Å². The lowest BCUT2D eigenvalue weighted by Crippen LogP contribution is -2.59. The molecule has 0 aliphatic heterocycles. The van der Waals surface area contributed by atoms with Crippen molar-refractivity contribution in [3.05, 3.63) is 77.2 Å². The number of nitrogens with zero attached hydrogens (tertiary/aromatic N) is 6. The van der Waals surface area contributed by atoms with Gasteiger partial charge >= 0.3 is 0 Å². The van der Waals surface area contributed by atoms with E-state index in [4.69, 9.17) is 0 Å². The molecule has 8 nitrogen and oxygen atoms in total. The second-order valence-electron chi connectivity index (χ2n) is 11.9. The van der Waals surface area contributed by atoms with Gasteiger partial charge in [0, 0.05) is 23.8 Å². The number of rotatable bonds is 7. The molecule has 2 aromatic carbocycles. The van der Waals surface area contributed by atoms with Gasteiger partial charge in [-0.1, -0.05) is 56.3 Å². The van der Waals surface area contributed by atoms with Crippen LogP contribution in [0.1, 0.15) is 68.5 Å². The number of nitriles is 2. The van der Waals surface area contributed by atoms with Crippen LogP contribution >= 0.6 is 0 Å². The highest BCUT2D eigenvalue weighted by molar-refractivity contribution is 5.99. The van der Waals surface area contributed by atoms with Crippen molar-refractivity contribution >= 4 is 22.3 Å². The monoisotopic (exact) mass is 502 g/mol. The van der Waals surface area contributed by atoms with Crippen molar-refractivity contribution in [3.63, 3.8) is 0 Å². The second kappa shape index (κ2) is 8.85. The van der Waals surface area contributed by atoms with Gasteiger partial charge in [-0.15, -0.1) is 5.10 Å². The largest absolute Gasteiger partial charge is 0.383 e. The standard InChI is InChI=1S/C30H30N8/c1-29(2,3)18-34-27-22(15-32)16-33-26-21(14-31)9-23(10-24(26)27)35-28(20-7-5-4-6-8-20)25-17-38(37-36-25)30-11-19(12-30)13-30/h4-10,16-17,19,28,35H,11-13,18H2,1-3H3,(H,33,34)/t19?,28-,30?/m0/s1. The van der Waals surface area contributed by atoms with Crippen molar-refractivity contribution in [2.75, 3.05) is 17.2 Å². The van der Waals surface area contributed by atoms with Crippen molar-refractivity contribution in [3.8, 4) is 12.1 Å². The quantitative estimate of drug-likeness (QED) is 0.331. The summed E-state index contributed by atoms with van der Waals surface area (Å²) in [5.74, 6) is 0.848. The molecular formula is C30H30N8. The van der Waals surface area contributed by atoms with Crippen LogP contribution in [0.2, 0.25) is 0 Å². The molecule has 0 spiro atoms. The molecule has 2 aromatic heterocycles. The highest BCUT2D eigenvalue weighted by atomic mass is 15.5. The van der Waals surface area contributed by atoms with E-state index in [0.717, 1.165) is 28.2 Å². The summed E-state index contributed by atoms with van der Waals surface area (Å²) in [7, 11) is 0. The molecule has 3 aliphatic carbocycles. The van der Waals surface area contributed by atoms with Crippen LogP contribution in [0.25, 0.3) is 10.9 Å². The Morgan fingerprint density at radius 3 is 2.45 bits per heavy atom. The van der Waals surface area contributed by atoms with E-state index in [1.54, 1.807) is 0 Å². The number of hydrogen-bond acceptors (Lipinski definition) is 7. The lowest BCUT2D eigenvalue weighted by atomic mass is 9.50. The Kier molecular flexibility index (Phi) is 5.57. The molecule has 0 amide bonds. The summed E-state index contributed by atoms with van der Waals surface area (Å²) in [5.41, 5.74) is 4.93. The van der Waals surface area contributed by atoms with Gasteiger partial charge in [0.25, 0.3) is 0 Å². The van der Waals surface area contributed by atoms with Gasteiger partial charge in [0.05, 0.1) is 40.1 Å². The number of pyridine rings is 1. The first-order chi connectivity index (χ1) is 18.3. The van der Waals surface area contributed by atoms with Crippen LogP contribution in [0.4, 0.5) is 11.4 Å². The number of anilines is 2. The van der Waals surface area contributed by atoms with Crippen LogP contribution in [0.3, 0.4) is 0 Å². The van der Waals surface area contributed by atoms with Crippen molar-refractivity contribution in [1.82, 2.24) is 20.0 Å². The summed E-state index contributed by atoms with van der Waals surface area (Å²) >= 11 is 0. The molecule has 0 saturated heterocycles. The molecule has 2 heterocycles. The maximum atomic E-state index is 10.0. The summed E-state index contributed by atoms with van der Waals surface area (Å²) < 4.78 is 2.05. The molecule has 1 atom stereocenters. The van der Waals surface area contributed by atoms with E-state index in [1.165, 1.54) is 25.5 Å². The zero-order valence-corrected chi connectivity index (χ0v) is 21.9. The minimum absolute atomic E-state index is 0.000858. The van der Waals surface area contributed by atoms with Gasteiger partial charge < -0.3 is 10.6 Å². The summed E-state index contributed by atoms with van der Waals surface area (Å²) in [5, 5.41) is 36.7. The Hall–Kier alpha value is -4.43. The molecule has 0 unspecified atom stereocenters. The zero-order chi connectivity index (χ0) is 26.5. The number of nitrogens with one attached hydrogen (secondary N) is 2. The van der Waals surface area contributed by atoms with Gasteiger partial charge in [-0.2, -0.15) is 10.5 Å². The van der Waals surface area contributed by atoms with Gasteiger partial charge in [0.15, 0.2) is 0 Å². The van der Waals surface area contributed by atoms with E-state index >= 15 is 0 Å². The number of hydrogen-bond donors (Lipinski definition) is 2. The second-order valence-corrected chi connectivity index (χ2v) is 11.9. The average Bonchev–Trinajstić information content (AvgIpc) is 3.32. The summed E-state index contributed by atoms with van der Waals surface area (Å²) in [4.78, 5) is 4.48. The Morgan fingerprint density at radius 1 is 1.08 bits per heavy atom. The number of fused-ring (bicyclic) bond motifs is 1. The van der Waals surface area contributed by atoms with Crippen molar-refractivity contribution in [2.24, 2.45) is 11.3 Å². The van der Waals surface area contributed by atoms with Crippen molar-refractivity contribution < 1.29 is 0 Å². The Morgan fingerprint density at radius 2 is 1.82 bits per heavy atom. The van der Waals surface area contributed by atoms with Crippen LogP contribution in [0.5, 0.6) is 0 Å². The fraction of sp³-hybridized carbons (Fsp3) is 0.367. The molecule has 3 aliphatic rings. The minimum Gasteiger partial charge on any atom is -0.383 e. The van der Waals surface area contributed by atoms with Gasteiger partial charge in [-0.05, 0) is 48.3 Å². The molecule has 190 valence electrons. The predicted molar refractivity (Wildman–Crippen MR) is 146 cm³/mol. The normalized spacial score (nSPS) is 20.5. The first-order valence-electron chi connectivity index (χ1n) is 13.0. The lowest BCUT2D eigenvalue weighted by molar-refractivity contribution is -0.0989. The van der Waals surface area contributed by atoms with Gasteiger partial charge in [0.2, 0.25) is 0 Å². The zero-order valence-electron chi connectivity index (χ0n) is 21.9. The van der Waals surface area contributed by atoms with Crippen molar-refractivity contribution in [2.45, 2.75) is 51.6 Å². The fourth-order valence-electron chi connectivity index (χ4n) is 5.59. The molecular weight excluding hydrogens is 472 g/mol. The topological polar surface area (TPSA) is 115 Å². The van der Waals surface area contributed by atoms with Crippen LogP contribution in [0.15, 0.2) is 54.9 Å². The van der Waals surface area contributed by atoms with E-state index in [2.05, 4.69) is 81.9 Å². The van der Waals surface area contributed by atoms with E-state index in [9.17, 15) is 10.5 Å². The maximum absolute atomic E-state index is 10.0. The van der Waals surface area contributed by atoms with Crippen LogP contribution in [0, 0.1) is 34.0 Å². The summed E-state index contributed by atoms with van der Waals surface area (Å²) in [6, 6.07) is 18.2. The molecule has 8 heteroatoms. The molecule has 7 rings (SSSR count). The van der Waals surface area contributed by atoms with Gasteiger partial charge in [-0.3, -0.25) is 4.98 Å². The highest BCUT2D eigenvalue weighted by Gasteiger charge is 2.58. The first-order valence-corrected chi connectivity index (χ1v) is 13.0. The lowest BCUT2D eigenvalue weighted by Gasteiger charge is -2.61. The fourth-order valence-corrected chi connectivity index (χ4v) is 5.59. The molecule has 0 radical (unpaired) electrons. The molecule has 3 saturated carbocycles. The third-order valence-electron chi connectivity index (χ3n) is 7.75. The minimum atomic E-state index is -0.264. The highest BCUT2D eigenvalue weighted by Crippen LogP contribution is 2.62. The smallest absolute Gasteiger partial charge is 0.109 e. The summed E-state index contributed by atoms with van der Waals surface area (Å²) in [6.07, 6.45) is 7.17. The van der Waals surface area contributed by atoms with E-state index in [1.807, 2.05) is 30.3 Å². The third-order valence-corrected chi connectivity index (χ3v) is 7.75.